The minimum absolute atomic E-state index is 0.151. The molecular weight excluding hydrogens is 268 g/mol. The lowest BCUT2D eigenvalue weighted by molar-refractivity contribution is 0.246. The molecule has 2 amide bonds. The van der Waals surface area contributed by atoms with Crippen LogP contribution in [-0.4, -0.2) is 16.8 Å². The molecule has 0 saturated carbocycles. The molecule has 1 rings (SSSR count). The van der Waals surface area contributed by atoms with Crippen molar-refractivity contribution in [2.45, 2.75) is 57.2 Å². The SMILES string of the molecule is CC(C)C(C)NC(=O)Nc1ccc(SC(C)(C)C)cc1. The molecule has 20 heavy (non-hydrogen) atoms. The Labute approximate surface area is 126 Å². The van der Waals surface area contributed by atoms with Gasteiger partial charge in [0.05, 0.1) is 0 Å². The van der Waals surface area contributed by atoms with Gasteiger partial charge in [-0.15, -0.1) is 11.8 Å². The lowest BCUT2D eigenvalue weighted by atomic mass is 10.1. The summed E-state index contributed by atoms with van der Waals surface area (Å²) in [6, 6.07) is 7.96. The van der Waals surface area contributed by atoms with Crippen molar-refractivity contribution in [2.75, 3.05) is 5.32 Å². The van der Waals surface area contributed by atoms with Crippen LogP contribution in [0.3, 0.4) is 0 Å². The van der Waals surface area contributed by atoms with Crippen molar-refractivity contribution < 1.29 is 4.79 Å². The van der Waals surface area contributed by atoms with Crippen molar-refractivity contribution in [3.8, 4) is 0 Å². The molecule has 0 saturated heterocycles. The number of carbonyl (C=O) groups excluding carboxylic acids is 1. The smallest absolute Gasteiger partial charge is 0.319 e. The maximum Gasteiger partial charge on any atom is 0.319 e. The fourth-order valence-electron chi connectivity index (χ4n) is 1.50. The molecule has 4 heteroatoms. The van der Waals surface area contributed by atoms with E-state index in [-0.39, 0.29) is 16.8 Å². The van der Waals surface area contributed by atoms with Gasteiger partial charge in [0.2, 0.25) is 0 Å². The van der Waals surface area contributed by atoms with Gasteiger partial charge in [-0.3, -0.25) is 0 Å². The van der Waals surface area contributed by atoms with Crippen molar-refractivity contribution in [3.05, 3.63) is 24.3 Å². The molecule has 3 nitrogen and oxygen atoms in total. The van der Waals surface area contributed by atoms with Gasteiger partial charge in [-0.1, -0.05) is 34.6 Å². The lowest BCUT2D eigenvalue weighted by Crippen LogP contribution is -2.38. The van der Waals surface area contributed by atoms with Gasteiger partial charge in [0.25, 0.3) is 0 Å². The topological polar surface area (TPSA) is 41.1 Å². The van der Waals surface area contributed by atoms with E-state index in [2.05, 4.69) is 45.3 Å². The van der Waals surface area contributed by atoms with Gasteiger partial charge in [-0.2, -0.15) is 0 Å². The number of thioether (sulfide) groups is 1. The zero-order chi connectivity index (χ0) is 15.3. The van der Waals surface area contributed by atoms with Crippen LogP contribution in [0.1, 0.15) is 41.5 Å². The molecule has 1 atom stereocenters. The van der Waals surface area contributed by atoms with Crippen LogP contribution < -0.4 is 10.6 Å². The standard InChI is InChI=1S/C16H26N2OS/c1-11(2)12(3)17-15(19)18-13-7-9-14(10-8-13)20-16(4,5)6/h7-12H,1-6H3,(H2,17,18,19). The van der Waals surface area contributed by atoms with Crippen LogP contribution >= 0.6 is 11.8 Å². The predicted octanol–water partition coefficient (Wildman–Crippen LogP) is 4.74. The third-order valence-corrected chi connectivity index (χ3v) is 4.02. The molecule has 0 aliphatic heterocycles. The van der Waals surface area contributed by atoms with Crippen LogP contribution in [0.15, 0.2) is 29.2 Å². The molecule has 1 unspecified atom stereocenters. The summed E-state index contributed by atoms with van der Waals surface area (Å²) in [7, 11) is 0. The number of rotatable bonds is 4. The van der Waals surface area contributed by atoms with Gasteiger partial charge in [0.1, 0.15) is 0 Å². The van der Waals surface area contributed by atoms with Crippen molar-refractivity contribution >= 4 is 23.5 Å². The largest absolute Gasteiger partial charge is 0.335 e. The highest BCUT2D eigenvalue weighted by Gasteiger charge is 2.13. The predicted molar refractivity (Wildman–Crippen MR) is 88.5 cm³/mol. The van der Waals surface area contributed by atoms with E-state index in [0.29, 0.717) is 5.92 Å². The highest BCUT2D eigenvalue weighted by molar-refractivity contribution is 8.00. The van der Waals surface area contributed by atoms with Gasteiger partial charge >= 0.3 is 6.03 Å². The second-order valence-corrected chi connectivity index (χ2v) is 8.27. The fourth-order valence-corrected chi connectivity index (χ4v) is 2.48. The Morgan fingerprint density at radius 3 is 2.10 bits per heavy atom. The van der Waals surface area contributed by atoms with Crippen molar-refractivity contribution in [3.63, 3.8) is 0 Å². The normalized spacial score (nSPS) is 13.2. The van der Waals surface area contributed by atoms with E-state index < -0.39 is 0 Å². The Bertz CT molecular complexity index is 435. The molecule has 0 aromatic heterocycles. The highest BCUT2D eigenvalue weighted by Crippen LogP contribution is 2.32. The van der Waals surface area contributed by atoms with Gasteiger partial charge in [-0.05, 0) is 37.1 Å². The summed E-state index contributed by atoms with van der Waals surface area (Å²) in [4.78, 5) is 13.0. The molecule has 2 N–H and O–H groups in total. The highest BCUT2D eigenvalue weighted by atomic mass is 32.2. The first kappa shape index (κ1) is 16.9. The van der Waals surface area contributed by atoms with E-state index in [1.807, 2.05) is 43.0 Å². The first-order chi connectivity index (χ1) is 9.17. The van der Waals surface area contributed by atoms with Crippen LogP contribution in [0.25, 0.3) is 0 Å². The monoisotopic (exact) mass is 294 g/mol. The second kappa shape index (κ2) is 7.02. The molecule has 0 aliphatic carbocycles. The van der Waals surface area contributed by atoms with E-state index in [0.717, 1.165) is 5.69 Å². The summed E-state index contributed by atoms with van der Waals surface area (Å²) in [5, 5.41) is 5.78. The first-order valence-electron chi connectivity index (χ1n) is 7.04. The van der Waals surface area contributed by atoms with Crippen molar-refractivity contribution in [1.82, 2.24) is 5.32 Å². The van der Waals surface area contributed by atoms with Gasteiger partial charge in [-0.25, -0.2) is 4.79 Å². The molecule has 0 heterocycles. The first-order valence-corrected chi connectivity index (χ1v) is 7.85. The Morgan fingerprint density at radius 2 is 1.65 bits per heavy atom. The van der Waals surface area contributed by atoms with E-state index >= 15 is 0 Å². The number of hydrogen-bond acceptors (Lipinski definition) is 2. The molecule has 1 aromatic carbocycles. The van der Waals surface area contributed by atoms with Crippen molar-refractivity contribution in [1.29, 1.82) is 0 Å². The third-order valence-electron chi connectivity index (χ3n) is 2.89. The van der Waals surface area contributed by atoms with Crippen LogP contribution in [0.4, 0.5) is 10.5 Å². The molecule has 0 aliphatic rings. The summed E-state index contributed by atoms with van der Waals surface area (Å²) in [5.41, 5.74) is 0.816. The van der Waals surface area contributed by atoms with E-state index in [1.165, 1.54) is 4.90 Å². The average Bonchev–Trinajstić information content (AvgIpc) is 2.29. The summed E-state index contributed by atoms with van der Waals surface area (Å²) in [6.07, 6.45) is 0. The summed E-state index contributed by atoms with van der Waals surface area (Å²) in [5.74, 6) is 0.423. The quantitative estimate of drug-likeness (QED) is 0.787. The Kier molecular flexibility index (Phi) is 5.93. The minimum Gasteiger partial charge on any atom is -0.335 e. The van der Waals surface area contributed by atoms with Gasteiger partial charge in [0, 0.05) is 21.4 Å². The molecule has 0 bridgehead atoms. The number of urea groups is 1. The number of anilines is 1. The number of amides is 2. The van der Waals surface area contributed by atoms with Crippen LogP contribution in [0.5, 0.6) is 0 Å². The number of nitrogens with one attached hydrogen (secondary N) is 2. The van der Waals surface area contributed by atoms with Gasteiger partial charge < -0.3 is 10.6 Å². The molecule has 0 radical (unpaired) electrons. The van der Waals surface area contributed by atoms with Crippen LogP contribution in [-0.2, 0) is 0 Å². The van der Waals surface area contributed by atoms with E-state index in [4.69, 9.17) is 0 Å². The average molecular weight is 294 g/mol. The molecule has 1 aromatic rings. The van der Waals surface area contributed by atoms with Crippen molar-refractivity contribution in [2.24, 2.45) is 5.92 Å². The maximum atomic E-state index is 11.8. The van der Waals surface area contributed by atoms with E-state index in [9.17, 15) is 4.79 Å². The zero-order valence-electron chi connectivity index (χ0n) is 13.3. The molecule has 0 fully saturated rings. The van der Waals surface area contributed by atoms with Crippen LogP contribution in [0.2, 0.25) is 0 Å². The summed E-state index contributed by atoms with van der Waals surface area (Å²) >= 11 is 1.81. The van der Waals surface area contributed by atoms with E-state index in [1.54, 1.807) is 0 Å². The van der Waals surface area contributed by atoms with Gasteiger partial charge in [0.15, 0.2) is 0 Å². The minimum atomic E-state index is -0.151. The zero-order valence-corrected chi connectivity index (χ0v) is 14.1. The summed E-state index contributed by atoms with van der Waals surface area (Å²) in [6.45, 7) is 12.7. The lowest BCUT2D eigenvalue weighted by Gasteiger charge is -2.19. The molecule has 112 valence electrons. The molecular formula is C16H26N2OS. The number of hydrogen-bond donors (Lipinski definition) is 2. The molecule has 0 spiro atoms. The Morgan fingerprint density at radius 1 is 1.10 bits per heavy atom. The Hall–Kier alpha value is -1.16. The third kappa shape index (κ3) is 6.33. The van der Waals surface area contributed by atoms with Crippen LogP contribution in [0, 0.1) is 5.92 Å². The second-order valence-electron chi connectivity index (χ2n) is 6.37. The number of carbonyl (C=O) groups is 1. The fraction of sp³-hybridized carbons (Fsp3) is 0.562. The number of benzene rings is 1. The Balaban J connectivity index is 2.55. The summed E-state index contributed by atoms with van der Waals surface area (Å²) < 4.78 is 0.193. The maximum absolute atomic E-state index is 11.8.